The fourth-order valence-corrected chi connectivity index (χ4v) is 2.42. The Bertz CT molecular complexity index is 435. The molecule has 0 atom stereocenters. The summed E-state index contributed by atoms with van der Waals surface area (Å²) in [5.41, 5.74) is 5.85. The van der Waals surface area contributed by atoms with Gasteiger partial charge >= 0.3 is 0 Å². The molecule has 1 aliphatic carbocycles. The minimum Gasteiger partial charge on any atom is -0.354 e. The molecule has 0 aromatic heterocycles. The second-order valence-corrected chi connectivity index (χ2v) is 5.66. The number of nitrogens with one attached hydrogen (secondary N) is 1. The van der Waals surface area contributed by atoms with E-state index in [4.69, 9.17) is 5.73 Å². The van der Waals surface area contributed by atoms with E-state index < -0.39 is 5.54 Å². The maximum Gasteiger partial charge on any atom is 0.240 e. The predicted molar refractivity (Wildman–Crippen MR) is 71.7 cm³/mol. The Balaban J connectivity index is 1.62. The van der Waals surface area contributed by atoms with Gasteiger partial charge in [-0.15, -0.1) is 0 Å². The topological polar surface area (TPSA) is 55.1 Å². The zero-order valence-electron chi connectivity index (χ0n) is 10.1. The van der Waals surface area contributed by atoms with Crippen molar-refractivity contribution in [3.63, 3.8) is 0 Å². The van der Waals surface area contributed by atoms with E-state index in [9.17, 15) is 9.18 Å². The number of rotatable bonds is 6. The molecule has 0 bridgehead atoms. The molecule has 1 amide bonds. The standard InChI is InChI=1S/C13H17FN2OS/c14-11-4-2-1-3-10(11)9-18-8-7-16-12(17)13(15)5-6-13/h1-4H,5-9,15H2,(H,16,17). The van der Waals surface area contributed by atoms with Crippen LogP contribution in [0.15, 0.2) is 24.3 Å². The van der Waals surface area contributed by atoms with Crippen molar-refractivity contribution in [2.75, 3.05) is 12.3 Å². The van der Waals surface area contributed by atoms with E-state index >= 15 is 0 Å². The lowest BCUT2D eigenvalue weighted by Crippen LogP contribution is -2.43. The molecule has 0 heterocycles. The van der Waals surface area contributed by atoms with E-state index in [0.717, 1.165) is 18.6 Å². The molecule has 1 aliphatic rings. The molecule has 0 radical (unpaired) electrons. The SMILES string of the molecule is NC1(C(=O)NCCSCc2ccccc2F)CC1. The van der Waals surface area contributed by atoms with Crippen molar-refractivity contribution in [2.45, 2.75) is 24.1 Å². The quantitative estimate of drug-likeness (QED) is 0.772. The molecule has 5 heteroatoms. The average Bonchev–Trinajstić information content (AvgIpc) is 3.10. The van der Waals surface area contributed by atoms with Crippen LogP contribution in [0.1, 0.15) is 18.4 Å². The molecule has 3 N–H and O–H groups in total. The molecular formula is C13H17FN2OS. The zero-order chi connectivity index (χ0) is 13.0. The van der Waals surface area contributed by atoms with E-state index in [-0.39, 0.29) is 11.7 Å². The van der Waals surface area contributed by atoms with Gasteiger partial charge in [0.05, 0.1) is 5.54 Å². The second-order valence-electron chi connectivity index (χ2n) is 4.56. The zero-order valence-corrected chi connectivity index (χ0v) is 10.9. The van der Waals surface area contributed by atoms with Gasteiger partial charge in [-0.05, 0) is 24.5 Å². The third-order valence-electron chi connectivity index (χ3n) is 2.99. The molecule has 0 spiro atoms. The Hall–Kier alpha value is -1.07. The summed E-state index contributed by atoms with van der Waals surface area (Å²) < 4.78 is 13.3. The summed E-state index contributed by atoms with van der Waals surface area (Å²) in [5.74, 6) is 1.15. The highest BCUT2D eigenvalue weighted by Crippen LogP contribution is 2.31. The van der Waals surface area contributed by atoms with Crippen molar-refractivity contribution in [2.24, 2.45) is 5.73 Å². The summed E-state index contributed by atoms with van der Waals surface area (Å²) in [7, 11) is 0. The molecule has 0 unspecified atom stereocenters. The highest BCUT2D eigenvalue weighted by molar-refractivity contribution is 7.98. The van der Waals surface area contributed by atoms with Crippen LogP contribution >= 0.6 is 11.8 Å². The summed E-state index contributed by atoms with van der Waals surface area (Å²) >= 11 is 1.60. The summed E-state index contributed by atoms with van der Waals surface area (Å²) in [6.45, 7) is 0.580. The van der Waals surface area contributed by atoms with Crippen LogP contribution in [-0.4, -0.2) is 23.7 Å². The van der Waals surface area contributed by atoms with Crippen LogP contribution in [-0.2, 0) is 10.5 Å². The third kappa shape index (κ3) is 3.46. The van der Waals surface area contributed by atoms with E-state index in [0.29, 0.717) is 17.9 Å². The lowest BCUT2D eigenvalue weighted by atomic mass is 10.2. The summed E-state index contributed by atoms with van der Waals surface area (Å²) in [6, 6.07) is 6.75. The van der Waals surface area contributed by atoms with Gasteiger partial charge in [-0.25, -0.2) is 4.39 Å². The Morgan fingerprint density at radius 2 is 2.17 bits per heavy atom. The Morgan fingerprint density at radius 3 is 2.83 bits per heavy atom. The summed E-state index contributed by atoms with van der Waals surface area (Å²) in [5, 5.41) is 2.81. The first-order valence-electron chi connectivity index (χ1n) is 6.00. The van der Waals surface area contributed by atoms with Crippen LogP contribution in [0.4, 0.5) is 4.39 Å². The molecule has 1 aromatic rings. The minimum absolute atomic E-state index is 0.0611. The molecule has 1 saturated carbocycles. The lowest BCUT2D eigenvalue weighted by molar-refractivity contribution is -0.123. The number of benzene rings is 1. The van der Waals surface area contributed by atoms with Gasteiger partial charge in [-0.2, -0.15) is 11.8 Å². The fraction of sp³-hybridized carbons (Fsp3) is 0.462. The Morgan fingerprint density at radius 1 is 1.44 bits per heavy atom. The van der Waals surface area contributed by atoms with Crippen LogP contribution in [0.5, 0.6) is 0 Å². The molecule has 2 rings (SSSR count). The molecule has 1 aromatic carbocycles. The van der Waals surface area contributed by atoms with Crippen molar-refractivity contribution < 1.29 is 9.18 Å². The number of carbonyl (C=O) groups excluding carboxylic acids is 1. The number of carbonyl (C=O) groups is 1. The number of hydrogen-bond donors (Lipinski definition) is 2. The van der Waals surface area contributed by atoms with Gasteiger partial charge in [0.25, 0.3) is 0 Å². The van der Waals surface area contributed by atoms with Gasteiger partial charge in [0.15, 0.2) is 0 Å². The van der Waals surface area contributed by atoms with E-state index in [1.54, 1.807) is 23.9 Å². The monoisotopic (exact) mass is 268 g/mol. The average molecular weight is 268 g/mol. The first-order valence-corrected chi connectivity index (χ1v) is 7.16. The van der Waals surface area contributed by atoms with Crippen LogP contribution < -0.4 is 11.1 Å². The highest BCUT2D eigenvalue weighted by atomic mass is 32.2. The van der Waals surface area contributed by atoms with Crippen molar-refractivity contribution in [1.29, 1.82) is 0 Å². The normalized spacial score (nSPS) is 16.3. The van der Waals surface area contributed by atoms with Gasteiger partial charge < -0.3 is 11.1 Å². The first-order chi connectivity index (χ1) is 8.62. The molecular weight excluding hydrogens is 251 g/mol. The number of hydrogen-bond acceptors (Lipinski definition) is 3. The van der Waals surface area contributed by atoms with Gasteiger partial charge in [0, 0.05) is 18.1 Å². The minimum atomic E-state index is -0.601. The Labute approximate surface area is 110 Å². The van der Waals surface area contributed by atoms with Crippen LogP contribution in [0.3, 0.4) is 0 Å². The largest absolute Gasteiger partial charge is 0.354 e. The molecule has 1 fully saturated rings. The van der Waals surface area contributed by atoms with Gasteiger partial charge in [0.2, 0.25) is 5.91 Å². The van der Waals surface area contributed by atoms with E-state index in [2.05, 4.69) is 5.32 Å². The third-order valence-corrected chi connectivity index (χ3v) is 4.00. The van der Waals surface area contributed by atoms with Crippen LogP contribution in [0, 0.1) is 5.82 Å². The molecule has 98 valence electrons. The number of amides is 1. The van der Waals surface area contributed by atoms with Crippen molar-refractivity contribution in [3.05, 3.63) is 35.6 Å². The maximum atomic E-state index is 13.3. The number of halogens is 1. The van der Waals surface area contributed by atoms with Crippen LogP contribution in [0.25, 0.3) is 0 Å². The number of thioether (sulfide) groups is 1. The lowest BCUT2D eigenvalue weighted by Gasteiger charge is -2.09. The fourth-order valence-electron chi connectivity index (χ4n) is 1.57. The van der Waals surface area contributed by atoms with Gasteiger partial charge in [0.1, 0.15) is 5.82 Å². The smallest absolute Gasteiger partial charge is 0.240 e. The van der Waals surface area contributed by atoms with Crippen molar-refractivity contribution in [3.8, 4) is 0 Å². The van der Waals surface area contributed by atoms with E-state index in [1.807, 2.05) is 6.07 Å². The highest BCUT2D eigenvalue weighted by Gasteiger charge is 2.45. The van der Waals surface area contributed by atoms with Crippen molar-refractivity contribution >= 4 is 17.7 Å². The Kier molecular flexibility index (Phi) is 4.24. The molecule has 0 aliphatic heterocycles. The van der Waals surface area contributed by atoms with Crippen molar-refractivity contribution in [1.82, 2.24) is 5.32 Å². The molecule has 0 saturated heterocycles. The first kappa shape index (κ1) is 13.4. The van der Waals surface area contributed by atoms with Gasteiger partial charge in [-0.3, -0.25) is 4.79 Å². The number of nitrogens with two attached hydrogens (primary N) is 1. The van der Waals surface area contributed by atoms with Gasteiger partial charge in [-0.1, -0.05) is 18.2 Å². The maximum absolute atomic E-state index is 13.3. The second kappa shape index (κ2) is 5.71. The summed E-state index contributed by atoms with van der Waals surface area (Å²) in [6.07, 6.45) is 1.56. The summed E-state index contributed by atoms with van der Waals surface area (Å²) in [4.78, 5) is 11.5. The molecule has 3 nitrogen and oxygen atoms in total. The van der Waals surface area contributed by atoms with E-state index in [1.165, 1.54) is 6.07 Å². The van der Waals surface area contributed by atoms with Crippen LogP contribution in [0.2, 0.25) is 0 Å². The predicted octanol–water partition coefficient (Wildman–Crippen LogP) is 1.67. The molecule has 18 heavy (non-hydrogen) atoms.